The van der Waals surface area contributed by atoms with Gasteiger partial charge in [-0.15, -0.1) is 0 Å². The Kier molecular flexibility index (Phi) is 5.98. The highest BCUT2D eigenvalue weighted by atomic mass is 15.2. The van der Waals surface area contributed by atoms with Crippen LogP contribution in [0.3, 0.4) is 0 Å². The fraction of sp³-hybridized carbons (Fsp3) is 0.0213. The molecule has 0 radical (unpaired) electrons. The topological polar surface area (TPSA) is 26.8 Å². The zero-order valence-corrected chi connectivity index (χ0v) is 27.7. The van der Waals surface area contributed by atoms with Crippen LogP contribution in [0.25, 0.3) is 82.6 Å². The molecule has 1 N–H and O–H groups in total. The molecule has 240 valence electrons. The molecule has 11 rings (SSSR count). The number of hydrogen-bond donors (Lipinski definition) is 1. The average molecular weight is 653 g/mol. The molecule has 4 heteroatoms. The molecule has 0 saturated carbocycles. The van der Waals surface area contributed by atoms with Crippen LogP contribution < -0.4 is 5.32 Å². The van der Waals surface area contributed by atoms with E-state index in [-0.39, 0.29) is 6.04 Å². The standard InChI is InChI=1S/C47H32N4/c1-2-15-32(16-3-1)49-43-26-11-7-21-38(43)46-44(49)29-28-37-36-20-6-10-25-42(36)51(47(37)46)45-27-13-22-39(48-45)31-14-12-17-33(30-31)50-40-23-8-4-18-34(40)35-19-5-9-24-41(35)50/h1-30,39,48H. The molecule has 0 spiro atoms. The maximum absolute atomic E-state index is 3.98. The summed E-state index contributed by atoms with van der Waals surface area (Å²) in [6, 6.07) is 59.3. The fourth-order valence-electron chi connectivity index (χ4n) is 8.52. The minimum Gasteiger partial charge on any atom is -0.361 e. The summed E-state index contributed by atoms with van der Waals surface area (Å²) in [6.45, 7) is 0. The molecule has 4 heterocycles. The lowest BCUT2D eigenvalue weighted by Gasteiger charge is -2.25. The van der Waals surface area contributed by atoms with Crippen molar-refractivity contribution < 1.29 is 0 Å². The average Bonchev–Trinajstić information content (AvgIpc) is 3.84. The quantitative estimate of drug-likeness (QED) is 0.201. The van der Waals surface area contributed by atoms with Crippen LogP contribution >= 0.6 is 0 Å². The predicted octanol–water partition coefficient (Wildman–Crippen LogP) is 11.7. The van der Waals surface area contributed by atoms with Crippen LogP contribution in [-0.4, -0.2) is 13.7 Å². The van der Waals surface area contributed by atoms with Gasteiger partial charge in [0.2, 0.25) is 0 Å². The van der Waals surface area contributed by atoms with Gasteiger partial charge in [0.1, 0.15) is 5.82 Å². The first-order chi connectivity index (χ1) is 25.3. The van der Waals surface area contributed by atoms with Crippen molar-refractivity contribution in [1.82, 2.24) is 19.0 Å². The molecule has 0 bridgehead atoms. The van der Waals surface area contributed by atoms with Crippen molar-refractivity contribution in [3.63, 3.8) is 0 Å². The number of nitrogens with one attached hydrogen (secondary N) is 1. The van der Waals surface area contributed by atoms with Gasteiger partial charge in [-0.1, -0.05) is 121 Å². The second kappa shape index (κ2) is 10.9. The number of aromatic nitrogens is 3. The van der Waals surface area contributed by atoms with Crippen molar-refractivity contribution >= 4 is 71.2 Å². The molecular weight excluding hydrogens is 621 g/mol. The first kappa shape index (κ1) is 28.1. The van der Waals surface area contributed by atoms with Crippen LogP contribution in [-0.2, 0) is 0 Å². The molecular formula is C47H32N4. The number of allylic oxidation sites excluding steroid dienone is 2. The maximum Gasteiger partial charge on any atom is 0.111 e. The molecule has 10 aromatic rings. The summed E-state index contributed by atoms with van der Waals surface area (Å²) >= 11 is 0. The number of dihydropyridines is 1. The third kappa shape index (κ3) is 4.08. The lowest BCUT2D eigenvalue weighted by molar-refractivity contribution is 0.736. The Labute approximate surface area is 294 Å². The summed E-state index contributed by atoms with van der Waals surface area (Å²) in [5.41, 5.74) is 10.8. The molecule has 1 atom stereocenters. The Bertz CT molecular complexity index is 3010. The third-order valence-electron chi connectivity index (χ3n) is 10.7. The lowest BCUT2D eigenvalue weighted by atomic mass is 10.0. The Morgan fingerprint density at radius 2 is 0.961 bits per heavy atom. The predicted molar refractivity (Wildman–Crippen MR) is 214 cm³/mol. The van der Waals surface area contributed by atoms with Crippen LogP contribution in [0.4, 0.5) is 0 Å². The van der Waals surface area contributed by atoms with Gasteiger partial charge in [0.25, 0.3) is 0 Å². The van der Waals surface area contributed by atoms with Crippen LogP contribution in [0.2, 0.25) is 0 Å². The summed E-state index contributed by atoms with van der Waals surface area (Å²) in [4.78, 5) is 0. The smallest absolute Gasteiger partial charge is 0.111 e. The van der Waals surface area contributed by atoms with Gasteiger partial charge in [0.15, 0.2) is 0 Å². The minimum atomic E-state index is -0.0147. The first-order valence-electron chi connectivity index (χ1n) is 17.6. The molecule has 0 saturated heterocycles. The van der Waals surface area contributed by atoms with Gasteiger partial charge >= 0.3 is 0 Å². The molecule has 3 aromatic heterocycles. The number of fused-ring (bicyclic) bond motifs is 10. The summed E-state index contributed by atoms with van der Waals surface area (Å²) in [7, 11) is 0. The zero-order valence-electron chi connectivity index (χ0n) is 27.7. The number of nitrogens with zero attached hydrogens (tertiary/aromatic N) is 3. The van der Waals surface area contributed by atoms with Crippen LogP contribution in [0, 0.1) is 0 Å². The summed E-state index contributed by atoms with van der Waals surface area (Å²) in [6.07, 6.45) is 6.69. The summed E-state index contributed by atoms with van der Waals surface area (Å²) in [5, 5.41) is 11.5. The number of hydrogen-bond acceptors (Lipinski definition) is 1. The monoisotopic (exact) mass is 652 g/mol. The van der Waals surface area contributed by atoms with E-state index in [2.05, 4.69) is 201 Å². The van der Waals surface area contributed by atoms with Crippen molar-refractivity contribution in [2.24, 2.45) is 0 Å². The van der Waals surface area contributed by atoms with E-state index < -0.39 is 0 Å². The van der Waals surface area contributed by atoms with Gasteiger partial charge in [-0.3, -0.25) is 4.57 Å². The third-order valence-corrected chi connectivity index (χ3v) is 10.7. The maximum atomic E-state index is 3.98. The SMILES string of the molecule is C1=CC(c2cccc(-n3c4ccccc4c4ccccc43)c2)NC(n2c3ccccc3c3ccc4c(c5ccccc5n4-c4ccccc4)c32)=C1. The zero-order chi connectivity index (χ0) is 33.5. The van der Waals surface area contributed by atoms with E-state index >= 15 is 0 Å². The second-order valence-corrected chi connectivity index (χ2v) is 13.4. The van der Waals surface area contributed by atoms with Crippen molar-refractivity contribution in [2.75, 3.05) is 0 Å². The van der Waals surface area contributed by atoms with E-state index in [9.17, 15) is 0 Å². The molecule has 0 fully saturated rings. The Morgan fingerprint density at radius 3 is 1.67 bits per heavy atom. The van der Waals surface area contributed by atoms with E-state index in [0.717, 1.165) is 17.2 Å². The van der Waals surface area contributed by atoms with Gasteiger partial charge in [-0.2, -0.15) is 0 Å². The molecule has 0 aliphatic carbocycles. The first-order valence-corrected chi connectivity index (χ1v) is 17.6. The Morgan fingerprint density at radius 1 is 0.412 bits per heavy atom. The van der Waals surface area contributed by atoms with Crippen LogP contribution in [0.5, 0.6) is 0 Å². The number of benzene rings is 7. The summed E-state index contributed by atoms with van der Waals surface area (Å²) < 4.78 is 7.24. The normalized spacial score (nSPS) is 14.7. The Balaban J connectivity index is 1.10. The molecule has 0 amide bonds. The molecule has 1 unspecified atom stereocenters. The van der Waals surface area contributed by atoms with E-state index in [1.165, 1.54) is 71.0 Å². The van der Waals surface area contributed by atoms with Crippen molar-refractivity contribution in [2.45, 2.75) is 6.04 Å². The highest BCUT2D eigenvalue weighted by Gasteiger charge is 2.23. The number of rotatable bonds is 4. The fourth-order valence-corrected chi connectivity index (χ4v) is 8.52. The lowest BCUT2D eigenvalue weighted by Crippen LogP contribution is -2.24. The van der Waals surface area contributed by atoms with Gasteiger partial charge in [-0.25, -0.2) is 0 Å². The second-order valence-electron chi connectivity index (χ2n) is 13.4. The van der Waals surface area contributed by atoms with E-state index in [4.69, 9.17) is 0 Å². The van der Waals surface area contributed by atoms with Gasteiger partial charge in [-0.05, 0) is 66.2 Å². The van der Waals surface area contributed by atoms with E-state index in [1.807, 2.05) is 0 Å². The minimum absolute atomic E-state index is 0.0147. The molecule has 7 aromatic carbocycles. The largest absolute Gasteiger partial charge is 0.361 e. The van der Waals surface area contributed by atoms with Crippen molar-refractivity contribution in [1.29, 1.82) is 0 Å². The van der Waals surface area contributed by atoms with Crippen molar-refractivity contribution in [3.8, 4) is 11.4 Å². The van der Waals surface area contributed by atoms with Crippen LogP contribution in [0.1, 0.15) is 11.6 Å². The van der Waals surface area contributed by atoms with E-state index in [1.54, 1.807) is 0 Å². The summed E-state index contributed by atoms with van der Waals surface area (Å²) in [5.74, 6) is 1.06. The Hall–Kier alpha value is -6.78. The molecule has 1 aliphatic rings. The molecule has 51 heavy (non-hydrogen) atoms. The van der Waals surface area contributed by atoms with Crippen LogP contribution in [0.15, 0.2) is 182 Å². The van der Waals surface area contributed by atoms with E-state index in [0.29, 0.717) is 0 Å². The van der Waals surface area contributed by atoms with Gasteiger partial charge in [0.05, 0.1) is 39.1 Å². The molecule has 4 nitrogen and oxygen atoms in total. The number of para-hydroxylation sites is 5. The highest BCUT2D eigenvalue weighted by molar-refractivity contribution is 6.26. The van der Waals surface area contributed by atoms with Crippen molar-refractivity contribution in [3.05, 3.63) is 188 Å². The van der Waals surface area contributed by atoms with Gasteiger partial charge in [0, 0.05) is 43.7 Å². The molecule has 1 aliphatic heterocycles. The van der Waals surface area contributed by atoms with Gasteiger partial charge < -0.3 is 14.5 Å². The highest BCUT2D eigenvalue weighted by Crippen LogP contribution is 2.42.